The van der Waals surface area contributed by atoms with Crippen molar-refractivity contribution in [1.29, 1.82) is 0 Å². The SMILES string of the molecule is CCCCCCCCCCCCCCCCCCCCC(O)C(C)S(=O)(=O)[O-].[K+]. The first-order valence-electron chi connectivity index (χ1n) is 12.0. The van der Waals surface area contributed by atoms with Gasteiger partial charge in [0.2, 0.25) is 0 Å². The van der Waals surface area contributed by atoms with Crippen LogP contribution in [0.5, 0.6) is 0 Å². The van der Waals surface area contributed by atoms with E-state index in [-0.39, 0.29) is 51.4 Å². The molecule has 0 fully saturated rings. The van der Waals surface area contributed by atoms with Crippen molar-refractivity contribution in [3.63, 3.8) is 0 Å². The Morgan fingerprint density at radius 1 is 0.655 bits per heavy atom. The van der Waals surface area contributed by atoms with Crippen LogP contribution in [0.3, 0.4) is 0 Å². The third-order valence-electron chi connectivity index (χ3n) is 5.85. The van der Waals surface area contributed by atoms with E-state index in [1.807, 2.05) is 0 Å². The van der Waals surface area contributed by atoms with Gasteiger partial charge in [0.15, 0.2) is 0 Å². The van der Waals surface area contributed by atoms with E-state index in [0.717, 1.165) is 19.3 Å². The monoisotopic (exact) mass is 458 g/mol. The maximum absolute atomic E-state index is 10.8. The Balaban J connectivity index is 0. The largest absolute Gasteiger partial charge is 1.00 e. The molecule has 0 aromatic carbocycles. The minimum absolute atomic E-state index is 0. The van der Waals surface area contributed by atoms with Crippen LogP contribution in [-0.2, 0) is 10.1 Å². The molecule has 1 N–H and O–H groups in total. The summed E-state index contributed by atoms with van der Waals surface area (Å²) in [7, 11) is -4.38. The molecule has 0 heterocycles. The molecule has 29 heavy (non-hydrogen) atoms. The van der Waals surface area contributed by atoms with Crippen molar-refractivity contribution in [1.82, 2.24) is 0 Å². The van der Waals surface area contributed by atoms with Crippen LogP contribution in [0.4, 0.5) is 0 Å². The van der Waals surface area contributed by atoms with Gasteiger partial charge in [0.1, 0.15) is 0 Å². The van der Waals surface area contributed by atoms with E-state index in [0.29, 0.717) is 6.42 Å². The molecule has 2 atom stereocenters. The van der Waals surface area contributed by atoms with E-state index >= 15 is 0 Å². The van der Waals surface area contributed by atoms with Gasteiger partial charge in [0.05, 0.1) is 21.5 Å². The van der Waals surface area contributed by atoms with Crippen LogP contribution >= 0.6 is 0 Å². The minimum atomic E-state index is -4.38. The fourth-order valence-electron chi connectivity index (χ4n) is 3.68. The number of aliphatic hydroxyl groups is 1. The molecule has 170 valence electrons. The van der Waals surface area contributed by atoms with Crippen molar-refractivity contribution in [2.75, 3.05) is 0 Å². The molecule has 0 rings (SSSR count). The summed E-state index contributed by atoms with van der Waals surface area (Å²) in [5.41, 5.74) is 0. The summed E-state index contributed by atoms with van der Waals surface area (Å²) in [6.45, 7) is 3.56. The minimum Gasteiger partial charge on any atom is -0.748 e. The molecule has 0 aromatic rings. The van der Waals surface area contributed by atoms with E-state index in [9.17, 15) is 18.1 Å². The zero-order chi connectivity index (χ0) is 21.1. The molecule has 4 nitrogen and oxygen atoms in total. The smallest absolute Gasteiger partial charge is 0.748 e. The molecule has 0 aliphatic rings. The number of hydrogen-bond acceptors (Lipinski definition) is 4. The van der Waals surface area contributed by atoms with Gasteiger partial charge in [-0.2, -0.15) is 0 Å². The van der Waals surface area contributed by atoms with Crippen molar-refractivity contribution in [3.8, 4) is 0 Å². The summed E-state index contributed by atoms with van der Waals surface area (Å²) in [6.07, 6.45) is 22.8. The zero-order valence-electron chi connectivity index (χ0n) is 19.7. The van der Waals surface area contributed by atoms with E-state index in [1.54, 1.807) is 0 Å². The predicted molar refractivity (Wildman–Crippen MR) is 119 cm³/mol. The van der Waals surface area contributed by atoms with Crippen molar-refractivity contribution < 1.29 is 69.5 Å². The first-order chi connectivity index (χ1) is 13.4. The van der Waals surface area contributed by atoms with Gasteiger partial charge in [-0.05, 0) is 13.3 Å². The van der Waals surface area contributed by atoms with Crippen LogP contribution < -0.4 is 51.4 Å². The van der Waals surface area contributed by atoms with Crippen LogP contribution in [0.15, 0.2) is 0 Å². The molecule has 2 unspecified atom stereocenters. The summed E-state index contributed by atoms with van der Waals surface area (Å²) < 4.78 is 32.5. The predicted octanol–water partition coefficient (Wildman–Crippen LogP) is 3.72. The molecular formula is C23H47KO4S. The number of aliphatic hydroxyl groups excluding tert-OH is 1. The maximum atomic E-state index is 10.8. The van der Waals surface area contributed by atoms with Crippen LogP contribution in [-0.4, -0.2) is 29.4 Å². The third kappa shape index (κ3) is 22.5. The van der Waals surface area contributed by atoms with Crippen LogP contribution in [0.25, 0.3) is 0 Å². The molecule has 0 aromatic heterocycles. The average molecular weight is 459 g/mol. The van der Waals surface area contributed by atoms with Gasteiger partial charge < -0.3 is 9.66 Å². The van der Waals surface area contributed by atoms with Gasteiger partial charge in [-0.15, -0.1) is 0 Å². The van der Waals surface area contributed by atoms with Gasteiger partial charge >= 0.3 is 51.4 Å². The third-order valence-corrected chi connectivity index (χ3v) is 7.08. The second-order valence-electron chi connectivity index (χ2n) is 8.56. The Bertz CT molecular complexity index is 429. The second-order valence-corrected chi connectivity index (χ2v) is 10.3. The Kier molecular flexibility index (Phi) is 25.6. The summed E-state index contributed by atoms with van der Waals surface area (Å²) >= 11 is 0. The zero-order valence-corrected chi connectivity index (χ0v) is 23.6. The Morgan fingerprint density at radius 2 is 0.931 bits per heavy atom. The maximum Gasteiger partial charge on any atom is 1.00 e. The number of unbranched alkanes of at least 4 members (excludes halogenated alkanes) is 17. The summed E-state index contributed by atoms with van der Waals surface area (Å²) in [4.78, 5) is 0. The number of rotatable bonds is 21. The molecule has 0 radical (unpaired) electrons. The van der Waals surface area contributed by atoms with Crippen molar-refractivity contribution in [3.05, 3.63) is 0 Å². The van der Waals surface area contributed by atoms with Gasteiger partial charge in [-0.25, -0.2) is 8.42 Å². The van der Waals surface area contributed by atoms with E-state index < -0.39 is 21.5 Å². The van der Waals surface area contributed by atoms with Crippen molar-refractivity contribution in [2.24, 2.45) is 0 Å². The normalized spacial score (nSPS) is 13.8. The standard InChI is InChI=1S/C23H48O4S.K/c1-3-4-5-6-7-8-9-10-11-12-13-14-15-16-17-18-19-20-21-23(24)22(2)28(25,26)27;/h22-24H,3-21H2,1-2H3,(H,25,26,27);/q;+1/p-1. The van der Waals surface area contributed by atoms with Crippen molar-refractivity contribution in [2.45, 2.75) is 147 Å². The number of hydrogen-bond donors (Lipinski definition) is 1. The Hall–Kier alpha value is 1.51. The first kappa shape index (κ1) is 32.7. The average Bonchev–Trinajstić information content (AvgIpc) is 2.65. The fourth-order valence-corrected chi connectivity index (χ4v) is 4.20. The Morgan fingerprint density at radius 3 is 1.21 bits per heavy atom. The van der Waals surface area contributed by atoms with Gasteiger partial charge in [-0.1, -0.05) is 122 Å². The molecule has 6 heteroatoms. The summed E-state index contributed by atoms with van der Waals surface area (Å²) in [6, 6.07) is 0. The van der Waals surface area contributed by atoms with Crippen LogP contribution in [0, 0.1) is 0 Å². The molecule has 0 amide bonds. The molecule has 0 saturated carbocycles. The van der Waals surface area contributed by atoms with Gasteiger partial charge in [0, 0.05) is 0 Å². The molecule has 0 bridgehead atoms. The molecule has 0 aliphatic carbocycles. The van der Waals surface area contributed by atoms with E-state index in [4.69, 9.17) is 0 Å². The van der Waals surface area contributed by atoms with Gasteiger partial charge in [0.25, 0.3) is 0 Å². The molecule has 0 spiro atoms. The van der Waals surface area contributed by atoms with Crippen molar-refractivity contribution >= 4 is 10.1 Å². The summed E-state index contributed by atoms with van der Waals surface area (Å²) in [5.74, 6) is 0. The summed E-state index contributed by atoms with van der Waals surface area (Å²) in [5, 5.41) is 8.51. The van der Waals surface area contributed by atoms with Crippen LogP contribution in [0.1, 0.15) is 136 Å². The Labute approximate surface area is 224 Å². The molecule has 0 aliphatic heterocycles. The molecular weight excluding hydrogens is 411 g/mol. The molecule has 0 saturated heterocycles. The first-order valence-corrected chi connectivity index (χ1v) is 13.5. The van der Waals surface area contributed by atoms with Gasteiger partial charge in [-0.3, -0.25) is 0 Å². The van der Waals surface area contributed by atoms with E-state index in [2.05, 4.69) is 6.92 Å². The second kappa shape index (κ2) is 22.7. The topological polar surface area (TPSA) is 77.4 Å². The fraction of sp³-hybridized carbons (Fsp3) is 1.00. The van der Waals surface area contributed by atoms with Crippen LogP contribution in [0.2, 0.25) is 0 Å². The quantitative estimate of drug-likeness (QED) is 0.162. The van der Waals surface area contributed by atoms with E-state index in [1.165, 1.54) is 103 Å².